The molecule has 0 fully saturated rings. The molecule has 0 rings (SSSR count). The van der Waals surface area contributed by atoms with E-state index in [1.54, 1.807) is 13.8 Å². The van der Waals surface area contributed by atoms with Gasteiger partial charge in [-0.05, 0) is 12.8 Å². The van der Waals surface area contributed by atoms with E-state index in [0.717, 1.165) is 0 Å². The summed E-state index contributed by atoms with van der Waals surface area (Å²) in [6.45, 7) is 3.51. The lowest BCUT2D eigenvalue weighted by Gasteiger charge is -2.05. The van der Waals surface area contributed by atoms with Crippen molar-refractivity contribution in [2.24, 2.45) is 0 Å². The number of hydrogen-bond donors (Lipinski definition) is 2. The highest BCUT2D eigenvalue weighted by Crippen LogP contribution is 2.06. The molecule has 16 heavy (non-hydrogen) atoms. The zero-order valence-electron chi connectivity index (χ0n) is 9.36. The molecular weight excluding hydrogens is 216 g/mol. The molecule has 0 saturated heterocycles. The van der Waals surface area contributed by atoms with Gasteiger partial charge in [-0.25, -0.2) is 0 Å². The first-order valence-electron chi connectivity index (χ1n) is 5.04. The van der Waals surface area contributed by atoms with Crippen LogP contribution in [-0.2, 0) is 19.1 Å². The third-order valence-corrected chi connectivity index (χ3v) is 1.51. The maximum Gasteiger partial charge on any atom is 0.369 e. The van der Waals surface area contributed by atoms with Crippen LogP contribution in [0.25, 0.3) is 0 Å². The fraction of sp³-hybridized carbons (Fsp3) is 0.600. The monoisotopic (exact) mass is 232 g/mol. The molecule has 0 radical (unpaired) electrons. The summed E-state index contributed by atoms with van der Waals surface area (Å²) < 4.78 is 8.60. The molecule has 0 aliphatic carbocycles. The number of esters is 2. The van der Waals surface area contributed by atoms with Crippen molar-refractivity contribution in [2.45, 2.75) is 39.5 Å². The van der Waals surface area contributed by atoms with Crippen LogP contribution in [0.5, 0.6) is 0 Å². The maximum absolute atomic E-state index is 10.9. The number of carbonyl (C=O) groups excluding carboxylic acids is 2. The van der Waals surface area contributed by atoms with Crippen LogP contribution in [-0.4, -0.2) is 22.2 Å². The predicted molar refractivity (Wildman–Crippen MR) is 54.3 cm³/mol. The van der Waals surface area contributed by atoms with Gasteiger partial charge in [-0.2, -0.15) is 0 Å². The Balaban J connectivity index is 4.24. The predicted octanol–water partition coefficient (Wildman–Crippen LogP) is 1.92. The molecule has 0 aliphatic heterocycles. The number of hydrogen-bond acceptors (Lipinski definition) is 6. The van der Waals surface area contributed by atoms with Gasteiger partial charge in [0, 0.05) is 12.8 Å². The van der Waals surface area contributed by atoms with Crippen LogP contribution in [0, 0.1) is 0 Å². The number of ether oxygens (including phenoxy) is 2. The van der Waals surface area contributed by atoms with Gasteiger partial charge in [0.05, 0.1) is 0 Å². The molecule has 0 unspecified atom stereocenters. The normalized spacial score (nSPS) is 11.6. The molecule has 0 atom stereocenters. The van der Waals surface area contributed by atoms with Gasteiger partial charge in [0.25, 0.3) is 0 Å². The van der Waals surface area contributed by atoms with E-state index in [4.69, 9.17) is 10.2 Å². The second-order valence-corrected chi connectivity index (χ2v) is 3.06. The molecule has 0 aliphatic rings. The molecule has 2 N–H and O–H groups in total. The van der Waals surface area contributed by atoms with Crippen molar-refractivity contribution in [1.82, 2.24) is 0 Å². The minimum atomic E-state index is -1.09. The largest absolute Gasteiger partial charge is 0.475 e. The lowest BCUT2D eigenvalue weighted by atomic mass is 10.3. The third kappa shape index (κ3) is 5.90. The number of carbonyl (C=O) groups is 2. The van der Waals surface area contributed by atoms with E-state index in [9.17, 15) is 9.59 Å². The molecule has 6 heteroatoms. The quantitative estimate of drug-likeness (QED) is 0.536. The number of aliphatic hydroxyl groups excluding tert-OH is 2. The average molecular weight is 232 g/mol. The SMILES string of the molecule is CCCC(=O)O/C(O)=C(/O)OC(=O)CCC. The van der Waals surface area contributed by atoms with Crippen LogP contribution in [0.15, 0.2) is 11.9 Å². The van der Waals surface area contributed by atoms with Gasteiger partial charge in [0.1, 0.15) is 0 Å². The summed E-state index contributed by atoms with van der Waals surface area (Å²) in [6, 6.07) is 0. The minimum Gasteiger partial charge on any atom is -0.475 e. The van der Waals surface area contributed by atoms with E-state index in [-0.39, 0.29) is 12.8 Å². The molecule has 0 amide bonds. The summed E-state index contributed by atoms with van der Waals surface area (Å²) in [7, 11) is 0. The first-order valence-corrected chi connectivity index (χ1v) is 5.04. The first kappa shape index (κ1) is 14.3. The van der Waals surface area contributed by atoms with Crippen molar-refractivity contribution < 1.29 is 29.3 Å². The fourth-order valence-corrected chi connectivity index (χ4v) is 0.813. The van der Waals surface area contributed by atoms with Crippen LogP contribution in [0.1, 0.15) is 39.5 Å². The van der Waals surface area contributed by atoms with Gasteiger partial charge in [-0.1, -0.05) is 13.8 Å². The van der Waals surface area contributed by atoms with Gasteiger partial charge >= 0.3 is 23.8 Å². The Morgan fingerprint density at radius 3 is 1.44 bits per heavy atom. The molecule has 0 bridgehead atoms. The molecule has 0 heterocycles. The van der Waals surface area contributed by atoms with E-state index in [1.807, 2.05) is 0 Å². The van der Waals surface area contributed by atoms with Crippen LogP contribution in [0.3, 0.4) is 0 Å². The highest BCUT2D eigenvalue weighted by Gasteiger charge is 2.15. The molecule has 6 nitrogen and oxygen atoms in total. The summed E-state index contributed by atoms with van der Waals surface area (Å²) in [5.74, 6) is -3.61. The highest BCUT2D eigenvalue weighted by molar-refractivity contribution is 5.71. The summed E-state index contributed by atoms with van der Waals surface area (Å²) >= 11 is 0. The zero-order chi connectivity index (χ0) is 12.6. The Bertz CT molecular complexity index is 253. The van der Waals surface area contributed by atoms with Crippen molar-refractivity contribution in [3.63, 3.8) is 0 Å². The first-order chi connectivity index (χ1) is 7.51. The summed E-state index contributed by atoms with van der Waals surface area (Å²) in [5, 5.41) is 18.1. The maximum atomic E-state index is 10.9. The summed E-state index contributed by atoms with van der Waals surface area (Å²) in [4.78, 5) is 21.8. The molecular formula is C10H16O6. The smallest absolute Gasteiger partial charge is 0.369 e. The van der Waals surface area contributed by atoms with Crippen LogP contribution >= 0.6 is 0 Å². The van der Waals surface area contributed by atoms with Crippen molar-refractivity contribution in [1.29, 1.82) is 0 Å². The van der Waals surface area contributed by atoms with E-state index >= 15 is 0 Å². The van der Waals surface area contributed by atoms with Gasteiger partial charge in [-0.3, -0.25) is 9.59 Å². The lowest BCUT2D eigenvalue weighted by molar-refractivity contribution is -0.151. The second-order valence-electron chi connectivity index (χ2n) is 3.06. The standard InChI is InChI=1S/C10H16O6/c1-3-5-7(11)15-9(13)10(14)16-8(12)6-4-2/h13-14H,3-6H2,1-2H3/b10-9-. The Morgan fingerprint density at radius 2 is 1.19 bits per heavy atom. The number of rotatable bonds is 6. The van der Waals surface area contributed by atoms with E-state index in [2.05, 4.69) is 9.47 Å². The molecule has 0 aromatic rings. The van der Waals surface area contributed by atoms with Gasteiger partial charge in [0.2, 0.25) is 0 Å². The van der Waals surface area contributed by atoms with Crippen molar-refractivity contribution in [3.8, 4) is 0 Å². The van der Waals surface area contributed by atoms with Gasteiger partial charge in [0.15, 0.2) is 0 Å². The minimum absolute atomic E-state index is 0.0975. The van der Waals surface area contributed by atoms with Crippen LogP contribution in [0.4, 0.5) is 0 Å². The summed E-state index contributed by atoms with van der Waals surface area (Å²) in [6.07, 6.45) is 1.28. The Kier molecular flexibility index (Phi) is 6.74. The third-order valence-electron chi connectivity index (χ3n) is 1.51. The second kappa shape index (κ2) is 7.56. The number of aliphatic hydroxyl groups is 2. The molecule has 92 valence electrons. The highest BCUT2D eigenvalue weighted by atomic mass is 16.7. The fourth-order valence-electron chi connectivity index (χ4n) is 0.813. The topological polar surface area (TPSA) is 93.1 Å². The Morgan fingerprint density at radius 1 is 0.875 bits per heavy atom. The molecule has 0 saturated carbocycles. The van der Waals surface area contributed by atoms with Crippen LogP contribution in [0.2, 0.25) is 0 Å². The molecule has 0 spiro atoms. The summed E-state index contributed by atoms with van der Waals surface area (Å²) in [5.41, 5.74) is 0. The Hall–Kier alpha value is -1.72. The van der Waals surface area contributed by atoms with Crippen molar-refractivity contribution >= 4 is 11.9 Å². The van der Waals surface area contributed by atoms with E-state index in [0.29, 0.717) is 12.8 Å². The Labute approximate surface area is 93.5 Å². The zero-order valence-corrected chi connectivity index (χ0v) is 9.36. The van der Waals surface area contributed by atoms with Gasteiger partial charge in [-0.15, -0.1) is 0 Å². The van der Waals surface area contributed by atoms with E-state index in [1.165, 1.54) is 0 Å². The lowest BCUT2D eigenvalue weighted by Crippen LogP contribution is -2.10. The van der Waals surface area contributed by atoms with Crippen molar-refractivity contribution in [3.05, 3.63) is 11.9 Å². The van der Waals surface area contributed by atoms with Crippen LogP contribution < -0.4 is 0 Å². The van der Waals surface area contributed by atoms with Gasteiger partial charge < -0.3 is 19.7 Å². The molecule has 0 aromatic heterocycles. The van der Waals surface area contributed by atoms with E-state index < -0.39 is 23.8 Å². The van der Waals surface area contributed by atoms with Crippen molar-refractivity contribution in [2.75, 3.05) is 0 Å². The average Bonchev–Trinajstić information content (AvgIpc) is 2.17. The molecule has 0 aromatic carbocycles.